The number of anilines is 1. The minimum absolute atomic E-state index is 0.808. The topological polar surface area (TPSA) is 18.8 Å². The number of piperazine rings is 1. The van der Waals surface area contributed by atoms with E-state index in [0.29, 0.717) is 0 Å². The molecule has 0 aliphatic carbocycles. The Hall–Kier alpha value is -1.22. The van der Waals surface area contributed by atoms with Crippen molar-refractivity contribution in [2.45, 2.75) is 6.42 Å². The zero-order chi connectivity index (χ0) is 12.6. The Balaban J connectivity index is 1.73. The average molecular weight is 261 g/mol. The number of aliphatic imine (C=N–C) groups is 1. The van der Waals surface area contributed by atoms with Gasteiger partial charge in [0.1, 0.15) is 0 Å². The highest BCUT2D eigenvalue weighted by molar-refractivity contribution is 7.78. The second-order valence-corrected chi connectivity index (χ2v) is 4.67. The Bertz CT molecular complexity index is 393. The first kappa shape index (κ1) is 13.2. The van der Waals surface area contributed by atoms with Crippen LogP contribution < -0.4 is 4.90 Å². The number of hydrogen-bond donors (Lipinski definition) is 0. The molecule has 0 atom stereocenters. The van der Waals surface area contributed by atoms with Crippen LogP contribution in [0.4, 0.5) is 5.69 Å². The molecular weight excluding hydrogens is 242 g/mol. The Labute approximate surface area is 114 Å². The van der Waals surface area contributed by atoms with Gasteiger partial charge >= 0.3 is 0 Å². The molecule has 1 saturated heterocycles. The predicted octanol–water partition coefficient (Wildman–Crippen LogP) is 2.30. The van der Waals surface area contributed by atoms with Crippen LogP contribution >= 0.6 is 12.2 Å². The van der Waals surface area contributed by atoms with Gasteiger partial charge < -0.3 is 4.90 Å². The maximum atomic E-state index is 4.55. The highest BCUT2D eigenvalue weighted by atomic mass is 32.1. The van der Waals surface area contributed by atoms with Crippen molar-refractivity contribution in [1.29, 1.82) is 0 Å². The lowest BCUT2D eigenvalue weighted by atomic mass is 10.2. The molecule has 0 radical (unpaired) electrons. The Morgan fingerprint density at radius 1 is 1.11 bits per heavy atom. The van der Waals surface area contributed by atoms with E-state index >= 15 is 0 Å². The molecule has 18 heavy (non-hydrogen) atoms. The van der Waals surface area contributed by atoms with Crippen molar-refractivity contribution in [3.8, 4) is 0 Å². The molecule has 0 unspecified atom stereocenters. The number of para-hydroxylation sites is 1. The van der Waals surface area contributed by atoms with Crippen molar-refractivity contribution in [3.05, 3.63) is 30.3 Å². The quantitative estimate of drug-likeness (QED) is 0.460. The molecule has 0 bridgehead atoms. The third-order valence-electron chi connectivity index (χ3n) is 3.30. The summed E-state index contributed by atoms with van der Waals surface area (Å²) in [7, 11) is 0. The van der Waals surface area contributed by atoms with E-state index in [1.807, 2.05) is 0 Å². The molecular formula is C14H19N3S. The average Bonchev–Trinajstić information content (AvgIpc) is 2.45. The Morgan fingerprint density at radius 2 is 1.83 bits per heavy atom. The first-order valence-electron chi connectivity index (χ1n) is 6.46. The van der Waals surface area contributed by atoms with Gasteiger partial charge in [-0.25, -0.2) is 4.99 Å². The summed E-state index contributed by atoms with van der Waals surface area (Å²) >= 11 is 4.55. The van der Waals surface area contributed by atoms with Gasteiger partial charge in [-0.1, -0.05) is 18.2 Å². The molecule has 1 fully saturated rings. The minimum Gasteiger partial charge on any atom is -0.369 e. The van der Waals surface area contributed by atoms with Gasteiger partial charge in [0.15, 0.2) is 0 Å². The van der Waals surface area contributed by atoms with Gasteiger partial charge in [-0.3, -0.25) is 4.90 Å². The van der Waals surface area contributed by atoms with Crippen molar-refractivity contribution >= 4 is 23.1 Å². The number of thiocarbonyl (C=S) groups is 1. The number of benzene rings is 1. The van der Waals surface area contributed by atoms with Crippen molar-refractivity contribution in [1.82, 2.24) is 4.90 Å². The molecule has 2 rings (SSSR count). The van der Waals surface area contributed by atoms with E-state index in [4.69, 9.17) is 0 Å². The molecule has 0 N–H and O–H groups in total. The largest absolute Gasteiger partial charge is 0.369 e. The molecule has 0 saturated carbocycles. The van der Waals surface area contributed by atoms with E-state index in [-0.39, 0.29) is 0 Å². The molecule has 1 aromatic carbocycles. The highest BCUT2D eigenvalue weighted by Gasteiger charge is 2.16. The maximum Gasteiger partial charge on any atom is 0.0584 e. The fraction of sp³-hybridized carbons (Fsp3) is 0.500. The zero-order valence-electron chi connectivity index (χ0n) is 10.6. The highest BCUT2D eigenvalue weighted by Crippen LogP contribution is 2.15. The lowest BCUT2D eigenvalue weighted by Gasteiger charge is -2.36. The van der Waals surface area contributed by atoms with Gasteiger partial charge in [0.25, 0.3) is 0 Å². The molecule has 1 heterocycles. The minimum atomic E-state index is 0.808. The van der Waals surface area contributed by atoms with E-state index in [0.717, 1.165) is 45.7 Å². The van der Waals surface area contributed by atoms with Crippen LogP contribution in [0, 0.1) is 0 Å². The van der Waals surface area contributed by atoms with E-state index < -0.39 is 0 Å². The van der Waals surface area contributed by atoms with Crippen LogP contribution in [0.5, 0.6) is 0 Å². The number of nitrogens with zero attached hydrogens (tertiary/aromatic N) is 3. The zero-order valence-corrected chi connectivity index (χ0v) is 11.4. The smallest absolute Gasteiger partial charge is 0.0584 e. The molecule has 4 heteroatoms. The summed E-state index contributed by atoms with van der Waals surface area (Å²) in [5, 5.41) is 2.42. The molecule has 96 valence electrons. The summed E-state index contributed by atoms with van der Waals surface area (Å²) in [6, 6.07) is 10.6. The first-order chi connectivity index (χ1) is 8.90. The van der Waals surface area contributed by atoms with Crippen LogP contribution in [-0.4, -0.2) is 49.3 Å². The van der Waals surface area contributed by atoms with Gasteiger partial charge in [0.2, 0.25) is 0 Å². The molecule has 0 spiro atoms. The molecule has 0 aromatic heterocycles. The number of hydrogen-bond acceptors (Lipinski definition) is 4. The van der Waals surface area contributed by atoms with Crippen molar-refractivity contribution in [2.75, 3.05) is 44.2 Å². The summed E-state index contributed by atoms with van der Waals surface area (Å²) in [6.07, 6.45) is 1.08. The third kappa shape index (κ3) is 3.91. The van der Waals surface area contributed by atoms with Gasteiger partial charge in [0, 0.05) is 38.4 Å². The lowest BCUT2D eigenvalue weighted by molar-refractivity contribution is 0.256. The molecule has 0 amide bonds. The van der Waals surface area contributed by atoms with Crippen LogP contribution in [0.1, 0.15) is 6.42 Å². The second-order valence-electron chi connectivity index (χ2n) is 4.49. The summed E-state index contributed by atoms with van der Waals surface area (Å²) in [5.41, 5.74) is 1.34. The second kappa shape index (κ2) is 7.27. The van der Waals surface area contributed by atoms with Gasteiger partial charge in [0.05, 0.1) is 11.7 Å². The summed E-state index contributed by atoms with van der Waals surface area (Å²) in [6.45, 7) is 6.42. The number of rotatable bonds is 5. The van der Waals surface area contributed by atoms with Crippen LogP contribution in [0.2, 0.25) is 0 Å². The van der Waals surface area contributed by atoms with Crippen molar-refractivity contribution in [2.24, 2.45) is 4.99 Å². The first-order valence-corrected chi connectivity index (χ1v) is 6.87. The van der Waals surface area contributed by atoms with Crippen LogP contribution in [0.25, 0.3) is 0 Å². The van der Waals surface area contributed by atoms with Gasteiger partial charge in [-0.05, 0) is 30.8 Å². The monoisotopic (exact) mass is 261 g/mol. The van der Waals surface area contributed by atoms with E-state index in [1.165, 1.54) is 5.69 Å². The van der Waals surface area contributed by atoms with E-state index in [2.05, 4.69) is 62.5 Å². The molecule has 1 aliphatic heterocycles. The standard InChI is InChI=1S/C14H19N3S/c18-13-15-7-4-8-16-9-11-17(12-10-16)14-5-2-1-3-6-14/h1-3,5-6H,4,7-12H2. The van der Waals surface area contributed by atoms with Crippen LogP contribution in [-0.2, 0) is 0 Å². The maximum absolute atomic E-state index is 4.55. The van der Waals surface area contributed by atoms with Crippen LogP contribution in [0.15, 0.2) is 35.3 Å². The molecule has 3 nitrogen and oxygen atoms in total. The summed E-state index contributed by atoms with van der Waals surface area (Å²) < 4.78 is 0. The lowest BCUT2D eigenvalue weighted by Crippen LogP contribution is -2.46. The van der Waals surface area contributed by atoms with Gasteiger partial charge in [-0.2, -0.15) is 0 Å². The fourth-order valence-corrected chi connectivity index (χ4v) is 2.38. The normalized spacial score (nSPS) is 16.3. The SMILES string of the molecule is S=C=NCCCN1CCN(c2ccccc2)CC1. The summed E-state index contributed by atoms with van der Waals surface area (Å²) in [5.74, 6) is 0. The predicted molar refractivity (Wildman–Crippen MR) is 79.6 cm³/mol. The van der Waals surface area contributed by atoms with Crippen LogP contribution in [0.3, 0.4) is 0 Å². The molecule has 1 aromatic rings. The van der Waals surface area contributed by atoms with Gasteiger partial charge in [-0.15, -0.1) is 0 Å². The van der Waals surface area contributed by atoms with Crippen molar-refractivity contribution in [3.63, 3.8) is 0 Å². The fourth-order valence-electron chi connectivity index (χ4n) is 2.29. The van der Waals surface area contributed by atoms with Crippen molar-refractivity contribution < 1.29 is 0 Å². The van der Waals surface area contributed by atoms with E-state index in [1.54, 1.807) is 0 Å². The molecule has 1 aliphatic rings. The Morgan fingerprint density at radius 3 is 2.50 bits per heavy atom. The Kier molecular flexibility index (Phi) is 5.34. The summed E-state index contributed by atoms with van der Waals surface area (Å²) in [4.78, 5) is 8.89. The number of isothiocyanates is 1. The third-order valence-corrected chi connectivity index (χ3v) is 3.43. The van der Waals surface area contributed by atoms with E-state index in [9.17, 15) is 0 Å².